The Hall–Kier alpha value is -1.43. The van der Waals surface area contributed by atoms with E-state index in [1.807, 2.05) is 35.2 Å². The molecule has 5 heteroatoms. The highest BCUT2D eigenvalue weighted by atomic mass is 16.5. The Labute approximate surface area is 125 Å². The van der Waals surface area contributed by atoms with Gasteiger partial charge in [0.1, 0.15) is 6.04 Å². The number of hydrogen-bond donors (Lipinski definition) is 2. The highest BCUT2D eigenvalue weighted by molar-refractivity contribution is 5.76. The van der Waals surface area contributed by atoms with Gasteiger partial charge in [-0.15, -0.1) is 0 Å². The molecule has 0 aromatic heterocycles. The average molecular weight is 292 g/mol. The fourth-order valence-electron chi connectivity index (χ4n) is 2.69. The van der Waals surface area contributed by atoms with Crippen molar-refractivity contribution in [2.75, 3.05) is 32.8 Å². The average Bonchev–Trinajstić information content (AvgIpc) is 2.48. The number of piperazine rings is 1. The molecule has 116 valence electrons. The van der Waals surface area contributed by atoms with Gasteiger partial charge in [-0.05, 0) is 19.4 Å². The Bertz CT molecular complexity index is 462. The lowest BCUT2D eigenvalue weighted by Crippen LogP contribution is -2.58. The van der Waals surface area contributed by atoms with Crippen molar-refractivity contribution >= 4 is 5.97 Å². The molecule has 0 spiro atoms. The van der Waals surface area contributed by atoms with E-state index in [0.29, 0.717) is 26.2 Å². The van der Waals surface area contributed by atoms with Crippen LogP contribution in [0.5, 0.6) is 0 Å². The maximum atomic E-state index is 12.0. The van der Waals surface area contributed by atoms with Crippen LogP contribution in [0, 0.1) is 0 Å². The van der Waals surface area contributed by atoms with Crippen LogP contribution in [0.15, 0.2) is 30.3 Å². The van der Waals surface area contributed by atoms with Crippen molar-refractivity contribution < 1.29 is 14.6 Å². The fourth-order valence-corrected chi connectivity index (χ4v) is 2.69. The predicted octanol–water partition coefficient (Wildman–Crippen LogP) is 0.731. The van der Waals surface area contributed by atoms with Crippen molar-refractivity contribution in [1.29, 1.82) is 0 Å². The van der Waals surface area contributed by atoms with E-state index in [4.69, 9.17) is 4.74 Å². The summed E-state index contributed by atoms with van der Waals surface area (Å²) in [5.41, 5.74) is -0.144. The van der Waals surface area contributed by atoms with Gasteiger partial charge in [0.2, 0.25) is 0 Å². The number of carbonyl (C=O) groups excluding carboxylic acids is 1. The van der Waals surface area contributed by atoms with Crippen molar-refractivity contribution in [2.45, 2.75) is 25.5 Å². The van der Waals surface area contributed by atoms with Crippen molar-refractivity contribution in [2.24, 2.45) is 0 Å². The van der Waals surface area contributed by atoms with Gasteiger partial charge in [0, 0.05) is 26.2 Å². The number of carbonyl (C=O) groups is 1. The van der Waals surface area contributed by atoms with Gasteiger partial charge in [-0.1, -0.05) is 30.3 Å². The molecule has 2 atom stereocenters. The first-order chi connectivity index (χ1) is 10.0. The molecule has 1 aromatic carbocycles. The minimum atomic E-state index is -0.997. The molecule has 1 aliphatic heterocycles. The van der Waals surface area contributed by atoms with Gasteiger partial charge >= 0.3 is 5.97 Å². The molecule has 0 aliphatic carbocycles. The monoisotopic (exact) mass is 292 g/mol. The summed E-state index contributed by atoms with van der Waals surface area (Å²) >= 11 is 0. The van der Waals surface area contributed by atoms with Crippen LogP contribution in [0.25, 0.3) is 0 Å². The first-order valence-corrected chi connectivity index (χ1v) is 7.44. The van der Waals surface area contributed by atoms with Crippen LogP contribution in [0.1, 0.15) is 19.4 Å². The minimum Gasteiger partial charge on any atom is -0.465 e. The first kappa shape index (κ1) is 15.9. The van der Waals surface area contributed by atoms with Crippen molar-refractivity contribution in [1.82, 2.24) is 10.2 Å². The summed E-state index contributed by atoms with van der Waals surface area (Å²) in [5, 5.41) is 14.0. The zero-order chi connectivity index (χ0) is 15.3. The number of nitrogens with one attached hydrogen (secondary N) is 1. The summed E-state index contributed by atoms with van der Waals surface area (Å²) in [4.78, 5) is 14.0. The third-order valence-corrected chi connectivity index (χ3v) is 3.82. The summed E-state index contributed by atoms with van der Waals surface area (Å²) in [7, 11) is 0. The largest absolute Gasteiger partial charge is 0.465 e. The molecular formula is C16H24N2O3. The lowest BCUT2D eigenvalue weighted by molar-refractivity contribution is -0.151. The second-order valence-electron chi connectivity index (χ2n) is 5.58. The number of rotatable bonds is 5. The number of hydrogen-bond acceptors (Lipinski definition) is 5. The van der Waals surface area contributed by atoms with E-state index < -0.39 is 5.60 Å². The summed E-state index contributed by atoms with van der Waals surface area (Å²) < 4.78 is 5.13. The van der Waals surface area contributed by atoms with E-state index in [9.17, 15) is 9.90 Å². The Morgan fingerprint density at radius 3 is 2.86 bits per heavy atom. The van der Waals surface area contributed by atoms with Gasteiger partial charge in [-0.3, -0.25) is 9.69 Å². The zero-order valence-corrected chi connectivity index (χ0v) is 12.7. The summed E-state index contributed by atoms with van der Waals surface area (Å²) in [6, 6.07) is 9.21. The lowest BCUT2D eigenvalue weighted by Gasteiger charge is -2.39. The Morgan fingerprint density at radius 1 is 1.48 bits per heavy atom. The van der Waals surface area contributed by atoms with E-state index in [2.05, 4.69) is 5.32 Å². The highest BCUT2D eigenvalue weighted by Crippen LogP contribution is 2.23. The molecule has 1 saturated heterocycles. The second-order valence-corrected chi connectivity index (χ2v) is 5.58. The smallest absolute Gasteiger partial charge is 0.324 e. The van der Waals surface area contributed by atoms with E-state index >= 15 is 0 Å². The van der Waals surface area contributed by atoms with Gasteiger partial charge in [0.25, 0.3) is 0 Å². The van der Waals surface area contributed by atoms with Crippen molar-refractivity contribution in [3.05, 3.63) is 35.9 Å². The molecule has 1 fully saturated rings. The molecule has 2 N–H and O–H groups in total. The maximum Gasteiger partial charge on any atom is 0.324 e. The normalized spacial score (nSPS) is 22.5. The molecular weight excluding hydrogens is 268 g/mol. The van der Waals surface area contributed by atoms with Crippen LogP contribution in [-0.2, 0) is 15.1 Å². The lowest BCUT2D eigenvalue weighted by atomic mass is 9.94. The SMILES string of the molecule is CCOC(=O)C1CNCCN1CC(C)(O)c1ccccc1. The van der Waals surface area contributed by atoms with Gasteiger partial charge in [0.15, 0.2) is 0 Å². The van der Waals surface area contributed by atoms with Gasteiger partial charge in [-0.2, -0.15) is 0 Å². The van der Waals surface area contributed by atoms with Gasteiger partial charge in [-0.25, -0.2) is 0 Å². The number of nitrogens with zero attached hydrogens (tertiary/aromatic N) is 1. The van der Waals surface area contributed by atoms with Crippen LogP contribution < -0.4 is 5.32 Å². The number of benzene rings is 1. The van der Waals surface area contributed by atoms with Crippen LogP contribution in [-0.4, -0.2) is 54.8 Å². The molecule has 2 rings (SSSR count). The maximum absolute atomic E-state index is 12.0. The fraction of sp³-hybridized carbons (Fsp3) is 0.562. The molecule has 0 bridgehead atoms. The third-order valence-electron chi connectivity index (χ3n) is 3.82. The van der Waals surface area contributed by atoms with Crippen LogP contribution >= 0.6 is 0 Å². The number of ether oxygens (including phenoxy) is 1. The quantitative estimate of drug-likeness (QED) is 0.784. The Morgan fingerprint density at radius 2 is 2.19 bits per heavy atom. The molecule has 2 unspecified atom stereocenters. The van der Waals surface area contributed by atoms with Crippen molar-refractivity contribution in [3.63, 3.8) is 0 Å². The van der Waals surface area contributed by atoms with E-state index in [1.165, 1.54) is 0 Å². The molecule has 1 aromatic rings. The second kappa shape index (κ2) is 7.02. The van der Waals surface area contributed by atoms with Crippen LogP contribution in [0.2, 0.25) is 0 Å². The van der Waals surface area contributed by atoms with E-state index in [0.717, 1.165) is 12.1 Å². The molecule has 0 amide bonds. The molecule has 1 aliphatic rings. The summed E-state index contributed by atoms with van der Waals surface area (Å²) in [6.45, 7) is 6.45. The Balaban J connectivity index is 2.09. The van der Waals surface area contributed by atoms with Crippen LogP contribution in [0.4, 0.5) is 0 Å². The van der Waals surface area contributed by atoms with E-state index in [1.54, 1.807) is 13.8 Å². The van der Waals surface area contributed by atoms with Gasteiger partial charge in [0.05, 0.1) is 12.2 Å². The summed E-state index contributed by atoms with van der Waals surface area (Å²) in [6.07, 6.45) is 0. The predicted molar refractivity (Wildman–Crippen MR) is 80.9 cm³/mol. The molecule has 0 radical (unpaired) electrons. The zero-order valence-electron chi connectivity index (χ0n) is 12.7. The van der Waals surface area contributed by atoms with Gasteiger partial charge < -0.3 is 15.2 Å². The van der Waals surface area contributed by atoms with E-state index in [-0.39, 0.29) is 12.0 Å². The third kappa shape index (κ3) is 4.03. The van der Waals surface area contributed by atoms with Crippen LogP contribution in [0.3, 0.4) is 0 Å². The minimum absolute atomic E-state index is 0.228. The molecule has 0 saturated carbocycles. The molecule has 1 heterocycles. The topological polar surface area (TPSA) is 61.8 Å². The number of β-amino-alcohol motifs (C(OH)–C–C–N with tert-alkyl or cyclic N) is 1. The molecule has 21 heavy (non-hydrogen) atoms. The first-order valence-electron chi connectivity index (χ1n) is 7.44. The Kier molecular flexibility index (Phi) is 5.33. The molecule has 5 nitrogen and oxygen atoms in total. The highest BCUT2D eigenvalue weighted by Gasteiger charge is 2.35. The van der Waals surface area contributed by atoms with Crippen molar-refractivity contribution in [3.8, 4) is 0 Å². The number of esters is 1. The standard InChI is InChI=1S/C16H24N2O3/c1-3-21-15(19)14-11-17-9-10-18(14)12-16(2,20)13-7-5-4-6-8-13/h4-8,14,17,20H,3,9-12H2,1-2H3. The number of aliphatic hydroxyl groups is 1. The summed E-state index contributed by atoms with van der Waals surface area (Å²) in [5.74, 6) is -0.228.